The maximum absolute atomic E-state index is 5.77. The van der Waals surface area contributed by atoms with Crippen molar-refractivity contribution in [3.8, 4) is 0 Å². The Bertz CT molecular complexity index is 450. The van der Waals surface area contributed by atoms with Gasteiger partial charge in [-0.2, -0.15) is 0 Å². The van der Waals surface area contributed by atoms with E-state index in [-0.39, 0.29) is 6.23 Å². The van der Waals surface area contributed by atoms with Crippen LogP contribution >= 0.6 is 0 Å². The fourth-order valence-corrected chi connectivity index (χ4v) is 2.03. The highest BCUT2D eigenvalue weighted by molar-refractivity contribution is 5.31. The molecule has 1 aromatic heterocycles. The van der Waals surface area contributed by atoms with E-state index in [1.54, 1.807) is 12.5 Å². The smallest absolute Gasteiger partial charge is 0.161 e. The first-order valence-electron chi connectivity index (χ1n) is 5.12. The number of imidazole rings is 1. The summed E-state index contributed by atoms with van der Waals surface area (Å²) in [5.41, 5.74) is 2.63. The van der Waals surface area contributed by atoms with E-state index >= 15 is 0 Å². The number of ether oxygens (including phenoxy) is 1. The van der Waals surface area contributed by atoms with Crippen LogP contribution in [0.1, 0.15) is 17.4 Å². The fraction of sp³-hybridized carbons (Fsp3) is 0.250. The molecule has 3 rings (SSSR count). The molecule has 0 aliphatic carbocycles. The molecule has 15 heavy (non-hydrogen) atoms. The van der Waals surface area contributed by atoms with Crippen molar-refractivity contribution in [2.24, 2.45) is 0 Å². The first-order chi connectivity index (χ1) is 7.45. The topological polar surface area (TPSA) is 27.1 Å². The predicted octanol–water partition coefficient (Wildman–Crippen LogP) is 2.00. The molecule has 0 spiro atoms. The Kier molecular flexibility index (Phi) is 2.03. The van der Waals surface area contributed by atoms with Gasteiger partial charge in [0, 0.05) is 18.0 Å². The molecule has 76 valence electrons. The van der Waals surface area contributed by atoms with E-state index in [9.17, 15) is 0 Å². The van der Waals surface area contributed by atoms with Crippen LogP contribution in [-0.4, -0.2) is 16.2 Å². The molecule has 1 aliphatic rings. The summed E-state index contributed by atoms with van der Waals surface area (Å²) in [6.07, 6.45) is 6.51. The molecule has 2 heterocycles. The van der Waals surface area contributed by atoms with Gasteiger partial charge in [-0.1, -0.05) is 24.3 Å². The number of fused-ring (bicyclic) bond motifs is 1. The molecular weight excluding hydrogens is 188 g/mol. The molecule has 0 bridgehead atoms. The van der Waals surface area contributed by atoms with Crippen LogP contribution in [0.5, 0.6) is 0 Å². The Hall–Kier alpha value is -1.61. The van der Waals surface area contributed by atoms with Crippen molar-refractivity contribution < 1.29 is 4.74 Å². The van der Waals surface area contributed by atoms with E-state index < -0.39 is 0 Å². The lowest BCUT2D eigenvalue weighted by atomic mass is 10.0. The maximum Gasteiger partial charge on any atom is 0.161 e. The maximum atomic E-state index is 5.77. The zero-order valence-electron chi connectivity index (χ0n) is 8.34. The number of aromatic nitrogens is 2. The third kappa shape index (κ3) is 1.45. The van der Waals surface area contributed by atoms with Gasteiger partial charge in [0.2, 0.25) is 0 Å². The highest BCUT2D eigenvalue weighted by atomic mass is 16.5. The van der Waals surface area contributed by atoms with Gasteiger partial charge in [-0.05, 0) is 12.0 Å². The number of rotatable bonds is 1. The van der Waals surface area contributed by atoms with E-state index in [1.807, 2.05) is 10.8 Å². The van der Waals surface area contributed by atoms with E-state index in [1.165, 1.54) is 11.1 Å². The van der Waals surface area contributed by atoms with Crippen LogP contribution in [0.4, 0.5) is 0 Å². The second-order valence-electron chi connectivity index (χ2n) is 3.68. The Morgan fingerprint density at radius 3 is 3.13 bits per heavy atom. The highest BCUT2D eigenvalue weighted by Gasteiger charge is 2.20. The molecule has 0 radical (unpaired) electrons. The Labute approximate surface area is 88.3 Å². The molecular formula is C12H12N2O. The van der Waals surface area contributed by atoms with E-state index in [0.29, 0.717) is 0 Å². The van der Waals surface area contributed by atoms with Crippen LogP contribution < -0.4 is 0 Å². The fourth-order valence-electron chi connectivity index (χ4n) is 2.03. The molecule has 1 atom stereocenters. The number of hydrogen-bond donors (Lipinski definition) is 0. The van der Waals surface area contributed by atoms with Crippen molar-refractivity contribution in [3.63, 3.8) is 0 Å². The molecule has 0 saturated carbocycles. The van der Waals surface area contributed by atoms with Gasteiger partial charge in [0.25, 0.3) is 0 Å². The SMILES string of the molecule is c1ccc2c(c1)CCOC2n1ccnc1. The van der Waals surface area contributed by atoms with Crippen molar-refractivity contribution in [2.75, 3.05) is 6.61 Å². The van der Waals surface area contributed by atoms with Gasteiger partial charge in [-0.15, -0.1) is 0 Å². The van der Waals surface area contributed by atoms with E-state index in [2.05, 4.69) is 29.2 Å². The van der Waals surface area contributed by atoms with Crippen LogP contribution in [0.3, 0.4) is 0 Å². The van der Waals surface area contributed by atoms with Gasteiger partial charge in [0.1, 0.15) is 0 Å². The molecule has 2 aromatic rings. The van der Waals surface area contributed by atoms with Crippen molar-refractivity contribution in [2.45, 2.75) is 12.6 Å². The van der Waals surface area contributed by atoms with Crippen LogP contribution in [-0.2, 0) is 11.2 Å². The summed E-state index contributed by atoms with van der Waals surface area (Å²) in [5.74, 6) is 0. The third-order valence-electron chi connectivity index (χ3n) is 2.76. The van der Waals surface area contributed by atoms with Gasteiger partial charge >= 0.3 is 0 Å². The summed E-state index contributed by atoms with van der Waals surface area (Å²) in [6.45, 7) is 0.778. The quantitative estimate of drug-likeness (QED) is 0.704. The number of nitrogens with zero attached hydrogens (tertiary/aromatic N) is 2. The van der Waals surface area contributed by atoms with Crippen LogP contribution in [0.15, 0.2) is 43.0 Å². The van der Waals surface area contributed by atoms with Gasteiger partial charge < -0.3 is 9.30 Å². The Balaban J connectivity index is 2.06. The minimum Gasteiger partial charge on any atom is -0.353 e. The molecule has 0 N–H and O–H groups in total. The number of benzene rings is 1. The molecule has 3 nitrogen and oxygen atoms in total. The minimum absolute atomic E-state index is 0.00236. The summed E-state index contributed by atoms with van der Waals surface area (Å²) in [7, 11) is 0. The van der Waals surface area contributed by atoms with Crippen LogP contribution in [0.2, 0.25) is 0 Å². The van der Waals surface area contributed by atoms with Gasteiger partial charge in [0.05, 0.1) is 12.9 Å². The zero-order valence-corrected chi connectivity index (χ0v) is 8.34. The van der Waals surface area contributed by atoms with Gasteiger partial charge in [0.15, 0.2) is 6.23 Å². The lowest BCUT2D eigenvalue weighted by molar-refractivity contribution is 0.0220. The Morgan fingerprint density at radius 2 is 2.27 bits per heavy atom. The van der Waals surface area contributed by atoms with Crippen LogP contribution in [0, 0.1) is 0 Å². The van der Waals surface area contributed by atoms with E-state index in [4.69, 9.17) is 4.74 Å². The van der Waals surface area contributed by atoms with E-state index in [0.717, 1.165) is 13.0 Å². The summed E-state index contributed by atoms with van der Waals surface area (Å²) in [6, 6.07) is 8.42. The summed E-state index contributed by atoms with van der Waals surface area (Å²) >= 11 is 0. The first-order valence-corrected chi connectivity index (χ1v) is 5.12. The monoisotopic (exact) mass is 200 g/mol. The number of hydrogen-bond acceptors (Lipinski definition) is 2. The highest BCUT2D eigenvalue weighted by Crippen LogP contribution is 2.27. The lowest BCUT2D eigenvalue weighted by Crippen LogP contribution is -2.21. The average molecular weight is 200 g/mol. The minimum atomic E-state index is -0.00236. The predicted molar refractivity (Wildman–Crippen MR) is 56.5 cm³/mol. The van der Waals surface area contributed by atoms with Gasteiger partial charge in [-0.25, -0.2) is 4.98 Å². The second-order valence-corrected chi connectivity index (χ2v) is 3.68. The third-order valence-corrected chi connectivity index (χ3v) is 2.76. The summed E-state index contributed by atoms with van der Waals surface area (Å²) in [5, 5.41) is 0. The first kappa shape index (κ1) is 8.68. The Morgan fingerprint density at radius 1 is 1.33 bits per heavy atom. The average Bonchev–Trinajstić information content (AvgIpc) is 2.82. The van der Waals surface area contributed by atoms with Crippen molar-refractivity contribution >= 4 is 0 Å². The lowest BCUT2D eigenvalue weighted by Gasteiger charge is -2.26. The van der Waals surface area contributed by atoms with Crippen molar-refractivity contribution in [1.82, 2.24) is 9.55 Å². The molecule has 1 aromatic carbocycles. The second kappa shape index (κ2) is 3.51. The molecule has 0 saturated heterocycles. The zero-order chi connectivity index (χ0) is 10.1. The molecule has 3 heteroatoms. The van der Waals surface area contributed by atoms with Crippen LogP contribution in [0.25, 0.3) is 0 Å². The largest absolute Gasteiger partial charge is 0.353 e. The summed E-state index contributed by atoms with van der Waals surface area (Å²) < 4.78 is 7.77. The molecule has 1 unspecified atom stereocenters. The summed E-state index contributed by atoms with van der Waals surface area (Å²) in [4.78, 5) is 4.05. The van der Waals surface area contributed by atoms with Gasteiger partial charge in [-0.3, -0.25) is 0 Å². The van der Waals surface area contributed by atoms with Crippen molar-refractivity contribution in [1.29, 1.82) is 0 Å². The molecule has 0 fully saturated rings. The normalized spacial score (nSPS) is 19.9. The standard InChI is InChI=1S/C12H12N2O/c1-2-4-11-10(3-1)5-8-15-12(11)14-7-6-13-9-14/h1-4,6-7,9,12H,5,8H2. The molecule has 1 aliphatic heterocycles. The van der Waals surface area contributed by atoms with Crippen molar-refractivity contribution in [3.05, 3.63) is 54.1 Å². The molecule has 0 amide bonds.